The molecule has 0 atom stereocenters. The normalized spacial score (nSPS) is 17.6. The van der Waals surface area contributed by atoms with Crippen LogP contribution >= 0.6 is 23.2 Å². The maximum absolute atomic E-state index is 11.8. The number of carbonyl (C=O) groups excluding carboxylic acids is 1. The molecule has 0 unspecified atom stereocenters. The molecule has 0 spiro atoms. The van der Waals surface area contributed by atoms with Crippen LogP contribution in [-0.4, -0.2) is 11.9 Å². The fraction of sp³-hybridized carbons (Fsp3) is 0.286. The summed E-state index contributed by atoms with van der Waals surface area (Å²) in [4.78, 5) is 16.0. The molecule has 0 saturated heterocycles. The van der Waals surface area contributed by atoms with Crippen LogP contribution in [0.2, 0.25) is 10.0 Å². The van der Waals surface area contributed by atoms with Gasteiger partial charge in [-0.25, -0.2) is 9.79 Å². The molecule has 1 heterocycles. The van der Waals surface area contributed by atoms with Gasteiger partial charge < -0.3 is 4.74 Å². The summed E-state index contributed by atoms with van der Waals surface area (Å²) in [6.45, 7) is 5.76. The van der Waals surface area contributed by atoms with Gasteiger partial charge in [0.1, 0.15) is 0 Å². The van der Waals surface area contributed by atoms with Crippen LogP contribution in [0.25, 0.3) is 6.08 Å². The van der Waals surface area contributed by atoms with E-state index in [4.69, 9.17) is 27.9 Å². The van der Waals surface area contributed by atoms with Gasteiger partial charge in [0.15, 0.2) is 5.70 Å². The molecule has 100 valence electrons. The van der Waals surface area contributed by atoms with Crippen molar-refractivity contribution in [2.24, 2.45) is 10.4 Å². The number of benzene rings is 1. The number of cyclic esters (lactones) is 1. The highest BCUT2D eigenvalue weighted by molar-refractivity contribution is 6.37. The Morgan fingerprint density at radius 2 is 1.79 bits per heavy atom. The maximum Gasteiger partial charge on any atom is 0.363 e. The maximum atomic E-state index is 11.8. The van der Waals surface area contributed by atoms with Gasteiger partial charge in [0, 0.05) is 21.0 Å². The van der Waals surface area contributed by atoms with Crippen LogP contribution in [0.5, 0.6) is 0 Å². The van der Waals surface area contributed by atoms with E-state index in [2.05, 4.69) is 4.99 Å². The Balaban J connectivity index is 2.45. The third kappa shape index (κ3) is 2.99. The van der Waals surface area contributed by atoms with Crippen LogP contribution in [-0.2, 0) is 9.53 Å². The quantitative estimate of drug-likeness (QED) is 0.571. The lowest BCUT2D eigenvalue weighted by Crippen LogP contribution is -2.21. The van der Waals surface area contributed by atoms with E-state index in [0.29, 0.717) is 21.5 Å². The van der Waals surface area contributed by atoms with E-state index in [9.17, 15) is 4.79 Å². The van der Waals surface area contributed by atoms with Crippen LogP contribution in [0.3, 0.4) is 0 Å². The summed E-state index contributed by atoms with van der Waals surface area (Å²) in [7, 11) is 0. The first kappa shape index (κ1) is 14.1. The molecule has 0 amide bonds. The Morgan fingerprint density at radius 3 is 2.26 bits per heavy atom. The van der Waals surface area contributed by atoms with Gasteiger partial charge >= 0.3 is 5.97 Å². The van der Waals surface area contributed by atoms with Gasteiger partial charge in [-0.2, -0.15) is 0 Å². The minimum Gasteiger partial charge on any atom is -0.406 e. The predicted octanol–water partition coefficient (Wildman–Crippen LogP) is 4.34. The van der Waals surface area contributed by atoms with Crippen molar-refractivity contribution in [3.63, 3.8) is 0 Å². The summed E-state index contributed by atoms with van der Waals surface area (Å²) in [5, 5.41) is 0.930. The average Bonchev–Trinajstić information content (AvgIpc) is 2.65. The fourth-order valence-corrected chi connectivity index (χ4v) is 2.02. The zero-order chi connectivity index (χ0) is 14.2. The van der Waals surface area contributed by atoms with Crippen molar-refractivity contribution in [1.82, 2.24) is 0 Å². The third-order valence-corrected chi connectivity index (χ3v) is 3.20. The Morgan fingerprint density at radius 1 is 1.21 bits per heavy atom. The standard InChI is InChI=1S/C14H13Cl2NO2/c1-14(2,3)13-17-11(12(18)19-13)7-8-9(15)5-4-6-10(8)16/h4-7H,1-3H3/b11-7-. The zero-order valence-electron chi connectivity index (χ0n) is 10.8. The first-order valence-corrected chi connectivity index (χ1v) is 6.51. The first-order valence-electron chi connectivity index (χ1n) is 5.76. The molecule has 0 radical (unpaired) electrons. The van der Waals surface area contributed by atoms with Crippen molar-refractivity contribution in [2.45, 2.75) is 20.8 Å². The van der Waals surface area contributed by atoms with E-state index in [0.717, 1.165) is 0 Å². The third-order valence-electron chi connectivity index (χ3n) is 2.54. The SMILES string of the molecule is CC(C)(C)C1=N/C(=C\c2c(Cl)cccc2Cl)C(=O)O1. The number of hydrogen-bond acceptors (Lipinski definition) is 3. The van der Waals surface area contributed by atoms with Crippen LogP contribution < -0.4 is 0 Å². The van der Waals surface area contributed by atoms with Crippen molar-refractivity contribution in [2.75, 3.05) is 0 Å². The van der Waals surface area contributed by atoms with Crippen LogP contribution in [0.15, 0.2) is 28.9 Å². The van der Waals surface area contributed by atoms with Crippen molar-refractivity contribution in [1.29, 1.82) is 0 Å². The first-order chi connectivity index (χ1) is 8.79. The molecular formula is C14H13Cl2NO2. The number of ether oxygens (including phenoxy) is 1. The van der Waals surface area contributed by atoms with E-state index in [1.165, 1.54) is 0 Å². The number of aliphatic imine (C=N–C) groups is 1. The van der Waals surface area contributed by atoms with E-state index in [1.54, 1.807) is 24.3 Å². The lowest BCUT2D eigenvalue weighted by molar-refractivity contribution is -0.130. The minimum absolute atomic E-state index is 0.208. The molecule has 2 rings (SSSR count). The van der Waals surface area contributed by atoms with Crippen molar-refractivity contribution in [3.8, 4) is 0 Å². The number of carbonyl (C=O) groups is 1. The largest absolute Gasteiger partial charge is 0.406 e. The van der Waals surface area contributed by atoms with Crippen molar-refractivity contribution in [3.05, 3.63) is 39.5 Å². The highest BCUT2D eigenvalue weighted by atomic mass is 35.5. The number of hydrogen-bond donors (Lipinski definition) is 0. The van der Waals surface area contributed by atoms with Gasteiger partial charge in [0.25, 0.3) is 0 Å². The highest BCUT2D eigenvalue weighted by Crippen LogP contribution is 2.30. The summed E-state index contributed by atoms with van der Waals surface area (Å²) in [6.07, 6.45) is 1.55. The fourth-order valence-electron chi connectivity index (χ4n) is 1.52. The Labute approximate surface area is 121 Å². The summed E-state index contributed by atoms with van der Waals surface area (Å²) < 4.78 is 5.15. The van der Waals surface area contributed by atoms with Gasteiger partial charge in [-0.1, -0.05) is 50.0 Å². The Bertz CT molecular complexity index is 578. The lowest BCUT2D eigenvalue weighted by atomic mass is 9.97. The second-order valence-electron chi connectivity index (χ2n) is 5.22. The average molecular weight is 298 g/mol. The molecule has 19 heavy (non-hydrogen) atoms. The molecular weight excluding hydrogens is 285 g/mol. The molecule has 1 aliphatic heterocycles. The molecule has 5 heteroatoms. The number of halogens is 2. The molecule has 3 nitrogen and oxygen atoms in total. The molecule has 0 bridgehead atoms. The zero-order valence-corrected chi connectivity index (χ0v) is 12.3. The minimum atomic E-state index is -0.485. The van der Waals surface area contributed by atoms with Gasteiger partial charge in [-0.15, -0.1) is 0 Å². The molecule has 0 N–H and O–H groups in total. The van der Waals surface area contributed by atoms with Crippen molar-refractivity contribution >= 4 is 41.1 Å². The molecule has 0 aliphatic carbocycles. The van der Waals surface area contributed by atoms with Gasteiger partial charge in [0.2, 0.25) is 5.90 Å². The van der Waals surface area contributed by atoms with Crippen LogP contribution in [0.4, 0.5) is 0 Å². The topological polar surface area (TPSA) is 38.7 Å². The van der Waals surface area contributed by atoms with Crippen LogP contribution in [0, 0.1) is 5.41 Å². The highest BCUT2D eigenvalue weighted by Gasteiger charge is 2.31. The van der Waals surface area contributed by atoms with E-state index in [-0.39, 0.29) is 11.1 Å². The van der Waals surface area contributed by atoms with Gasteiger partial charge in [-0.3, -0.25) is 0 Å². The molecule has 0 fully saturated rings. The molecule has 1 aromatic carbocycles. The summed E-state index contributed by atoms with van der Waals surface area (Å²) in [5.41, 5.74) is 0.451. The van der Waals surface area contributed by atoms with E-state index >= 15 is 0 Å². The monoisotopic (exact) mass is 297 g/mol. The number of rotatable bonds is 1. The molecule has 1 aromatic rings. The molecule has 0 saturated carbocycles. The smallest absolute Gasteiger partial charge is 0.363 e. The lowest BCUT2D eigenvalue weighted by Gasteiger charge is -2.15. The second-order valence-corrected chi connectivity index (χ2v) is 6.04. The predicted molar refractivity (Wildman–Crippen MR) is 77.4 cm³/mol. The van der Waals surface area contributed by atoms with E-state index in [1.807, 2.05) is 20.8 Å². The molecule has 1 aliphatic rings. The van der Waals surface area contributed by atoms with Gasteiger partial charge in [-0.05, 0) is 18.2 Å². The van der Waals surface area contributed by atoms with E-state index < -0.39 is 5.97 Å². The summed E-state index contributed by atoms with van der Waals surface area (Å²) in [5.74, 6) is -0.0900. The number of nitrogens with zero attached hydrogens (tertiary/aromatic N) is 1. The Hall–Kier alpha value is -1.32. The second kappa shape index (κ2) is 4.99. The Kier molecular flexibility index (Phi) is 3.70. The summed E-state index contributed by atoms with van der Waals surface area (Å²) in [6, 6.07) is 5.15. The molecule has 0 aromatic heterocycles. The van der Waals surface area contributed by atoms with Gasteiger partial charge in [0.05, 0.1) is 0 Å². The van der Waals surface area contributed by atoms with Crippen LogP contribution in [0.1, 0.15) is 26.3 Å². The summed E-state index contributed by atoms with van der Waals surface area (Å²) >= 11 is 12.1. The van der Waals surface area contributed by atoms with Crippen molar-refractivity contribution < 1.29 is 9.53 Å². The number of esters is 1.